The van der Waals surface area contributed by atoms with Crippen molar-refractivity contribution in [3.8, 4) is 0 Å². The molecule has 25 heavy (non-hydrogen) atoms. The van der Waals surface area contributed by atoms with Crippen molar-refractivity contribution in [3.63, 3.8) is 0 Å². The van der Waals surface area contributed by atoms with Crippen LogP contribution < -0.4 is 10.2 Å². The number of nitrogens with one attached hydrogen (secondary N) is 1. The first-order valence-corrected chi connectivity index (χ1v) is 8.64. The van der Waals surface area contributed by atoms with Crippen LogP contribution in [0, 0.1) is 0 Å². The number of carbonyl (C=O) groups is 2. The van der Waals surface area contributed by atoms with Crippen LogP contribution in [0.4, 0.5) is 5.69 Å². The fourth-order valence-electron chi connectivity index (χ4n) is 2.46. The fraction of sp³-hybridized carbons (Fsp3) is 0.300. The quantitative estimate of drug-likeness (QED) is 0.843. The van der Waals surface area contributed by atoms with E-state index in [-0.39, 0.29) is 18.4 Å². The number of rotatable bonds is 6. The number of anilines is 1. The highest BCUT2D eigenvalue weighted by Gasteiger charge is 2.16. The number of hydrogen-bond acceptors (Lipinski definition) is 2. The minimum absolute atomic E-state index is 0.0270. The van der Waals surface area contributed by atoms with Crippen molar-refractivity contribution in [2.24, 2.45) is 0 Å². The second-order valence-electron chi connectivity index (χ2n) is 6.22. The van der Waals surface area contributed by atoms with Crippen LogP contribution in [-0.4, -0.2) is 18.4 Å². The van der Waals surface area contributed by atoms with E-state index < -0.39 is 0 Å². The second-order valence-corrected chi connectivity index (χ2v) is 6.63. The van der Waals surface area contributed by atoms with Crippen molar-refractivity contribution in [1.29, 1.82) is 0 Å². The van der Waals surface area contributed by atoms with E-state index in [0.29, 0.717) is 23.2 Å². The summed E-state index contributed by atoms with van der Waals surface area (Å²) in [5, 5.41) is 3.41. The Labute approximate surface area is 153 Å². The summed E-state index contributed by atoms with van der Waals surface area (Å²) in [5.74, 6) is 0.00648. The molecule has 0 atom stereocenters. The van der Waals surface area contributed by atoms with Gasteiger partial charge in [-0.05, 0) is 35.2 Å². The lowest BCUT2D eigenvalue weighted by Gasteiger charge is -2.21. The number of nitrogens with zero attached hydrogens (tertiary/aromatic N) is 1. The van der Waals surface area contributed by atoms with Crippen LogP contribution in [0.25, 0.3) is 0 Å². The van der Waals surface area contributed by atoms with E-state index >= 15 is 0 Å². The highest BCUT2D eigenvalue weighted by atomic mass is 35.5. The van der Waals surface area contributed by atoms with Crippen LogP contribution in [0.3, 0.4) is 0 Å². The van der Waals surface area contributed by atoms with Crippen molar-refractivity contribution in [2.75, 3.05) is 11.4 Å². The largest absolute Gasteiger partial charge is 0.350 e. The number of benzene rings is 2. The van der Waals surface area contributed by atoms with Crippen LogP contribution in [0.5, 0.6) is 0 Å². The number of hydrogen-bond donors (Lipinski definition) is 1. The predicted octanol–water partition coefficient (Wildman–Crippen LogP) is 4.13. The number of carbonyl (C=O) groups excluding carboxylic acids is 2. The molecule has 2 rings (SSSR count). The summed E-state index contributed by atoms with van der Waals surface area (Å²) in [6.07, 6.45) is 0. The molecule has 0 fully saturated rings. The Balaban J connectivity index is 2.02. The lowest BCUT2D eigenvalue weighted by Crippen LogP contribution is -2.39. The van der Waals surface area contributed by atoms with E-state index in [9.17, 15) is 9.59 Å². The topological polar surface area (TPSA) is 49.4 Å². The van der Waals surface area contributed by atoms with E-state index in [0.717, 1.165) is 5.56 Å². The first-order chi connectivity index (χ1) is 11.9. The Morgan fingerprint density at radius 1 is 1.08 bits per heavy atom. The fourth-order valence-corrected chi connectivity index (χ4v) is 2.66. The van der Waals surface area contributed by atoms with Gasteiger partial charge in [-0.2, -0.15) is 0 Å². The van der Waals surface area contributed by atoms with Gasteiger partial charge in [0.05, 0.1) is 0 Å². The average molecular weight is 359 g/mol. The minimum atomic E-state index is -0.233. The molecule has 1 N–H and O–H groups in total. The molecule has 0 bridgehead atoms. The molecule has 0 aliphatic rings. The smallest absolute Gasteiger partial charge is 0.240 e. The van der Waals surface area contributed by atoms with Crippen molar-refractivity contribution in [2.45, 2.75) is 33.2 Å². The van der Waals surface area contributed by atoms with Crippen molar-refractivity contribution in [3.05, 3.63) is 64.7 Å². The second kappa shape index (κ2) is 8.67. The molecule has 2 aromatic carbocycles. The Morgan fingerprint density at radius 3 is 2.28 bits per heavy atom. The van der Waals surface area contributed by atoms with E-state index in [1.165, 1.54) is 17.4 Å². The summed E-state index contributed by atoms with van der Waals surface area (Å²) >= 11 is 6.08. The summed E-state index contributed by atoms with van der Waals surface area (Å²) in [6, 6.07) is 15.1. The maximum Gasteiger partial charge on any atom is 0.240 e. The molecule has 0 saturated carbocycles. The SMILES string of the molecule is CC(=O)N(CC(=O)NCc1ccccc1Cl)c1ccc(C(C)C)cc1. The van der Waals surface area contributed by atoms with Gasteiger partial charge in [-0.3, -0.25) is 9.59 Å². The maximum absolute atomic E-state index is 12.2. The molecule has 0 radical (unpaired) electrons. The van der Waals surface area contributed by atoms with E-state index in [2.05, 4.69) is 19.2 Å². The Kier molecular flexibility index (Phi) is 6.59. The summed E-state index contributed by atoms with van der Waals surface area (Å²) in [7, 11) is 0. The molecule has 0 aromatic heterocycles. The molecule has 5 heteroatoms. The van der Waals surface area contributed by atoms with Crippen molar-refractivity contribution >= 4 is 29.1 Å². The molecule has 0 aliphatic heterocycles. The molecule has 0 spiro atoms. The third-order valence-corrected chi connectivity index (χ3v) is 4.36. The predicted molar refractivity (Wildman–Crippen MR) is 102 cm³/mol. The zero-order valence-corrected chi connectivity index (χ0v) is 15.5. The lowest BCUT2D eigenvalue weighted by molar-refractivity contribution is -0.123. The first-order valence-electron chi connectivity index (χ1n) is 8.26. The van der Waals surface area contributed by atoms with Gasteiger partial charge < -0.3 is 10.2 Å². The van der Waals surface area contributed by atoms with Crippen molar-refractivity contribution < 1.29 is 9.59 Å². The Hall–Kier alpha value is -2.33. The normalized spacial score (nSPS) is 10.6. The molecule has 2 amide bonds. The molecule has 2 aromatic rings. The standard InChI is InChI=1S/C20H23ClN2O2/c1-14(2)16-8-10-18(11-9-16)23(15(3)24)13-20(25)22-12-17-6-4-5-7-19(17)21/h4-11,14H,12-13H2,1-3H3,(H,22,25). The number of halogens is 1. The molecule has 4 nitrogen and oxygen atoms in total. The van der Waals surface area contributed by atoms with Crippen LogP contribution in [-0.2, 0) is 16.1 Å². The van der Waals surface area contributed by atoms with Gasteiger partial charge >= 0.3 is 0 Å². The Bertz CT molecular complexity index is 742. The molecule has 132 valence electrons. The van der Waals surface area contributed by atoms with Gasteiger partial charge in [0.15, 0.2) is 0 Å². The molecule has 0 heterocycles. The summed E-state index contributed by atoms with van der Waals surface area (Å²) in [6.45, 7) is 5.98. The molecule has 0 saturated heterocycles. The maximum atomic E-state index is 12.2. The van der Waals surface area contributed by atoms with E-state index in [1.807, 2.05) is 42.5 Å². The zero-order chi connectivity index (χ0) is 18.4. The van der Waals surface area contributed by atoms with Gasteiger partial charge in [-0.15, -0.1) is 0 Å². The molecular formula is C20H23ClN2O2. The average Bonchev–Trinajstić information content (AvgIpc) is 2.59. The van der Waals surface area contributed by atoms with E-state index in [1.54, 1.807) is 6.07 Å². The lowest BCUT2D eigenvalue weighted by atomic mass is 10.0. The minimum Gasteiger partial charge on any atom is -0.350 e. The van der Waals surface area contributed by atoms with Gasteiger partial charge in [0.2, 0.25) is 11.8 Å². The monoisotopic (exact) mass is 358 g/mol. The third kappa shape index (κ3) is 5.33. The van der Waals surface area contributed by atoms with Gasteiger partial charge in [-0.1, -0.05) is 55.8 Å². The first kappa shape index (κ1) is 19.0. The van der Waals surface area contributed by atoms with Crippen molar-refractivity contribution in [1.82, 2.24) is 5.32 Å². The molecular weight excluding hydrogens is 336 g/mol. The highest BCUT2D eigenvalue weighted by molar-refractivity contribution is 6.31. The Morgan fingerprint density at radius 2 is 1.72 bits per heavy atom. The summed E-state index contributed by atoms with van der Waals surface area (Å²) in [4.78, 5) is 25.7. The zero-order valence-electron chi connectivity index (χ0n) is 14.8. The van der Waals surface area contributed by atoms with Gasteiger partial charge in [0, 0.05) is 24.2 Å². The van der Waals surface area contributed by atoms with Crippen LogP contribution in [0.2, 0.25) is 5.02 Å². The van der Waals surface area contributed by atoms with Gasteiger partial charge in [0.25, 0.3) is 0 Å². The van der Waals surface area contributed by atoms with Gasteiger partial charge in [0.1, 0.15) is 6.54 Å². The summed E-state index contributed by atoms with van der Waals surface area (Å²) < 4.78 is 0. The van der Waals surface area contributed by atoms with Gasteiger partial charge in [-0.25, -0.2) is 0 Å². The number of amides is 2. The highest BCUT2D eigenvalue weighted by Crippen LogP contribution is 2.20. The van der Waals surface area contributed by atoms with Crippen LogP contribution in [0.1, 0.15) is 37.8 Å². The third-order valence-electron chi connectivity index (χ3n) is 3.99. The molecule has 0 aliphatic carbocycles. The van der Waals surface area contributed by atoms with Crippen LogP contribution >= 0.6 is 11.6 Å². The van der Waals surface area contributed by atoms with E-state index in [4.69, 9.17) is 11.6 Å². The summed E-state index contributed by atoms with van der Waals surface area (Å²) in [5.41, 5.74) is 2.74. The van der Waals surface area contributed by atoms with Crippen LogP contribution in [0.15, 0.2) is 48.5 Å². The molecule has 0 unspecified atom stereocenters.